The average Bonchev–Trinajstić information content (AvgIpc) is 2.54. The van der Waals surface area contributed by atoms with E-state index in [1.807, 2.05) is 0 Å². The fourth-order valence-corrected chi connectivity index (χ4v) is 2.14. The molecule has 0 aliphatic rings. The number of phenolic OH excluding ortho intramolecular Hbond substituents is 1. The van der Waals surface area contributed by atoms with Crippen molar-refractivity contribution in [1.82, 2.24) is 5.32 Å². The number of rotatable bonds is 5. The molecule has 0 aromatic heterocycles. The van der Waals surface area contributed by atoms with E-state index in [9.17, 15) is 27.9 Å². The van der Waals surface area contributed by atoms with Crippen LogP contribution in [0, 0.1) is 17.5 Å². The van der Waals surface area contributed by atoms with Crippen LogP contribution in [0.1, 0.15) is 33.2 Å². The molecule has 24 heavy (non-hydrogen) atoms. The number of ketones is 1. The van der Waals surface area contributed by atoms with Crippen molar-refractivity contribution in [2.24, 2.45) is 0 Å². The maximum atomic E-state index is 13.5. The zero-order valence-corrected chi connectivity index (χ0v) is 12.7. The summed E-state index contributed by atoms with van der Waals surface area (Å²) in [7, 11) is 0. The van der Waals surface area contributed by atoms with Crippen LogP contribution in [0.3, 0.4) is 0 Å². The van der Waals surface area contributed by atoms with Gasteiger partial charge < -0.3 is 10.4 Å². The van der Waals surface area contributed by atoms with Gasteiger partial charge in [0.15, 0.2) is 23.2 Å². The van der Waals surface area contributed by atoms with Crippen molar-refractivity contribution in [2.45, 2.75) is 13.3 Å². The van der Waals surface area contributed by atoms with Crippen molar-refractivity contribution in [3.05, 3.63) is 64.5 Å². The lowest BCUT2D eigenvalue weighted by Crippen LogP contribution is -2.26. The molecule has 0 radical (unpaired) electrons. The Hall–Kier alpha value is -2.83. The van der Waals surface area contributed by atoms with Crippen molar-refractivity contribution < 1.29 is 27.9 Å². The molecule has 126 valence electrons. The Morgan fingerprint density at radius 2 is 1.79 bits per heavy atom. The summed E-state index contributed by atoms with van der Waals surface area (Å²) in [6.45, 7) is 1.27. The largest absolute Gasteiger partial charge is 0.507 e. The zero-order valence-electron chi connectivity index (χ0n) is 12.7. The van der Waals surface area contributed by atoms with Crippen LogP contribution in [-0.4, -0.2) is 23.3 Å². The monoisotopic (exact) mass is 337 g/mol. The van der Waals surface area contributed by atoms with Gasteiger partial charge in [0.2, 0.25) is 0 Å². The molecule has 0 atom stereocenters. The number of hydrogen-bond acceptors (Lipinski definition) is 3. The Morgan fingerprint density at radius 3 is 2.42 bits per heavy atom. The first-order valence-corrected chi connectivity index (χ1v) is 7.05. The first-order valence-electron chi connectivity index (χ1n) is 7.05. The Balaban J connectivity index is 2.00. The number of halogens is 3. The molecule has 0 saturated carbocycles. The van der Waals surface area contributed by atoms with Gasteiger partial charge in [0.1, 0.15) is 5.75 Å². The maximum absolute atomic E-state index is 13.5. The average molecular weight is 337 g/mol. The van der Waals surface area contributed by atoms with Crippen LogP contribution in [0.15, 0.2) is 30.3 Å². The molecule has 1 amide bonds. The highest BCUT2D eigenvalue weighted by atomic mass is 19.2. The summed E-state index contributed by atoms with van der Waals surface area (Å²) in [6.07, 6.45) is -0.0354. The van der Waals surface area contributed by atoms with E-state index in [0.717, 1.165) is 18.2 Å². The predicted molar refractivity (Wildman–Crippen MR) is 80.5 cm³/mol. The third kappa shape index (κ3) is 3.73. The molecular formula is C17H14F3NO3. The van der Waals surface area contributed by atoms with Gasteiger partial charge in [0.25, 0.3) is 5.91 Å². The highest BCUT2D eigenvalue weighted by molar-refractivity contribution is 6.00. The Morgan fingerprint density at radius 1 is 1.08 bits per heavy atom. The maximum Gasteiger partial charge on any atom is 0.251 e. The van der Waals surface area contributed by atoms with Gasteiger partial charge in [-0.1, -0.05) is 6.07 Å². The van der Waals surface area contributed by atoms with E-state index in [-0.39, 0.29) is 41.2 Å². The fraction of sp³-hybridized carbons (Fsp3) is 0.176. The van der Waals surface area contributed by atoms with Crippen molar-refractivity contribution in [2.75, 3.05) is 6.54 Å². The molecule has 0 fully saturated rings. The Labute approximate surface area is 135 Å². The molecule has 2 aromatic rings. The van der Waals surface area contributed by atoms with Gasteiger partial charge in [-0.05, 0) is 43.2 Å². The quantitative estimate of drug-likeness (QED) is 0.651. The minimum Gasteiger partial charge on any atom is -0.507 e. The van der Waals surface area contributed by atoms with Gasteiger partial charge in [0.05, 0.1) is 5.56 Å². The number of carbonyl (C=O) groups excluding carboxylic acids is 2. The van der Waals surface area contributed by atoms with E-state index >= 15 is 0 Å². The molecule has 0 aliphatic carbocycles. The summed E-state index contributed by atoms with van der Waals surface area (Å²) in [6, 6.07) is 5.75. The normalized spacial score (nSPS) is 10.5. The van der Waals surface area contributed by atoms with E-state index in [1.54, 1.807) is 0 Å². The summed E-state index contributed by atoms with van der Waals surface area (Å²) in [5.41, 5.74) is 0.141. The van der Waals surface area contributed by atoms with E-state index in [2.05, 4.69) is 5.32 Å². The smallest absolute Gasteiger partial charge is 0.251 e. The molecule has 2 rings (SSSR count). The molecule has 0 bridgehead atoms. The van der Waals surface area contributed by atoms with Gasteiger partial charge in [-0.15, -0.1) is 0 Å². The first kappa shape index (κ1) is 17.5. The molecule has 0 unspecified atom stereocenters. The molecule has 0 heterocycles. The van der Waals surface area contributed by atoms with Gasteiger partial charge >= 0.3 is 0 Å². The van der Waals surface area contributed by atoms with Crippen molar-refractivity contribution in [3.63, 3.8) is 0 Å². The number of benzene rings is 2. The summed E-state index contributed by atoms with van der Waals surface area (Å²) < 4.78 is 39.4. The van der Waals surface area contributed by atoms with E-state index in [1.165, 1.54) is 19.1 Å². The molecule has 0 saturated heterocycles. The third-order valence-corrected chi connectivity index (χ3v) is 3.43. The van der Waals surface area contributed by atoms with E-state index in [0.29, 0.717) is 0 Å². The van der Waals surface area contributed by atoms with E-state index in [4.69, 9.17) is 0 Å². The second-order valence-electron chi connectivity index (χ2n) is 5.13. The number of Topliss-reactive ketones (excluding diaryl/α,β-unsaturated/α-hetero) is 1. The molecule has 7 heteroatoms. The molecule has 0 spiro atoms. The van der Waals surface area contributed by atoms with Gasteiger partial charge in [-0.25, -0.2) is 13.2 Å². The van der Waals surface area contributed by atoms with Crippen molar-refractivity contribution in [1.29, 1.82) is 0 Å². The van der Waals surface area contributed by atoms with Crippen LogP contribution < -0.4 is 5.32 Å². The molecule has 2 N–H and O–H groups in total. The molecule has 2 aromatic carbocycles. The minimum absolute atomic E-state index is 0.0178. The zero-order chi connectivity index (χ0) is 17.9. The lowest BCUT2D eigenvalue weighted by molar-refractivity contribution is 0.0951. The number of nitrogens with one attached hydrogen (secondary N) is 1. The van der Waals surface area contributed by atoms with Crippen LogP contribution >= 0.6 is 0 Å². The minimum atomic E-state index is -1.55. The van der Waals surface area contributed by atoms with Gasteiger partial charge in [-0.2, -0.15) is 0 Å². The van der Waals surface area contributed by atoms with Crippen LogP contribution in [0.4, 0.5) is 13.2 Å². The summed E-state index contributed by atoms with van der Waals surface area (Å²) in [5, 5.41) is 12.1. The van der Waals surface area contributed by atoms with Crippen molar-refractivity contribution >= 4 is 11.7 Å². The topological polar surface area (TPSA) is 66.4 Å². The van der Waals surface area contributed by atoms with Gasteiger partial charge in [-0.3, -0.25) is 9.59 Å². The second-order valence-corrected chi connectivity index (χ2v) is 5.13. The standard InChI is InChI=1S/C17H14F3NO3/c1-9(22)12-4-2-11(8-14(12)23)17(24)21-7-6-10-3-5-13(18)16(20)15(10)19/h2-5,8,23H,6-7H2,1H3,(H,21,24). The lowest BCUT2D eigenvalue weighted by atomic mass is 10.1. The Bertz CT molecular complexity index is 806. The Kier molecular flexibility index (Phi) is 5.23. The van der Waals surface area contributed by atoms with Crippen molar-refractivity contribution in [3.8, 4) is 5.75 Å². The number of amides is 1. The summed E-state index contributed by atoms with van der Waals surface area (Å²) in [4.78, 5) is 23.1. The molecule has 0 aliphatic heterocycles. The number of phenols is 1. The number of hydrogen-bond donors (Lipinski definition) is 2. The number of carbonyl (C=O) groups is 2. The van der Waals surface area contributed by atoms with Crippen LogP contribution in [0.5, 0.6) is 5.75 Å². The summed E-state index contributed by atoms with van der Waals surface area (Å²) >= 11 is 0. The van der Waals surface area contributed by atoms with E-state index < -0.39 is 23.4 Å². The summed E-state index contributed by atoms with van der Waals surface area (Å²) in [5.74, 6) is -5.32. The van der Waals surface area contributed by atoms with Crippen LogP contribution in [0.25, 0.3) is 0 Å². The first-order chi connectivity index (χ1) is 11.3. The van der Waals surface area contributed by atoms with Gasteiger partial charge in [0, 0.05) is 12.1 Å². The van der Waals surface area contributed by atoms with Crippen LogP contribution in [-0.2, 0) is 6.42 Å². The molecule has 4 nitrogen and oxygen atoms in total. The van der Waals surface area contributed by atoms with Crippen LogP contribution in [0.2, 0.25) is 0 Å². The highest BCUT2D eigenvalue weighted by Gasteiger charge is 2.14. The lowest BCUT2D eigenvalue weighted by Gasteiger charge is -2.08. The predicted octanol–water partition coefficient (Wildman–Crippen LogP) is 2.98. The number of aromatic hydroxyl groups is 1. The third-order valence-electron chi connectivity index (χ3n) is 3.43. The second kappa shape index (κ2) is 7.16. The highest BCUT2D eigenvalue weighted by Crippen LogP contribution is 2.19. The molecular weight excluding hydrogens is 323 g/mol. The SMILES string of the molecule is CC(=O)c1ccc(C(=O)NCCc2ccc(F)c(F)c2F)cc1O. The fourth-order valence-electron chi connectivity index (χ4n) is 2.14.